The first kappa shape index (κ1) is 19.1. The van der Waals surface area contributed by atoms with Crippen LogP contribution in [0.1, 0.15) is 13.8 Å². The lowest BCUT2D eigenvalue weighted by Crippen LogP contribution is -2.23. The van der Waals surface area contributed by atoms with Gasteiger partial charge in [-0.25, -0.2) is 0 Å². The van der Waals surface area contributed by atoms with E-state index in [2.05, 4.69) is 20.8 Å². The zero-order valence-corrected chi connectivity index (χ0v) is 16.7. The van der Waals surface area contributed by atoms with Gasteiger partial charge in [0.25, 0.3) is 0 Å². The van der Waals surface area contributed by atoms with Crippen LogP contribution in [0.5, 0.6) is 17.2 Å². The van der Waals surface area contributed by atoms with Crippen LogP contribution in [-0.4, -0.2) is 44.8 Å². The summed E-state index contributed by atoms with van der Waals surface area (Å²) in [6.45, 7) is 4.41. The fourth-order valence-electron chi connectivity index (χ4n) is 2.74. The van der Waals surface area contributed by atoms with Crippen molar-refractivity contribution in [3.05, 3.63) is 42.5 Å². The molecule has 1 aromatic heterocycles. The van der Waals surface area contributed by atoms with Crippen LogP contribution in [0.15, 0.2) is 47.6 Å². The third-order valence-corrected chi connectivity index (χ3v) is 5.16. The molecule has 0 bridgehead atoms. The van der Waals surface area contributed by atoms with Gasteiger partial charge in [0.2, 0.25) is 17.9 Å². The predicted octanol–water partition coefficient (Wildman–Crippen LogP) is 2.91. The third kappa shape index (κ3) is 4.11. The summed E-state index contributed by atoms with van der Waals surface area (Å²) in [5, 5.41) is 14.8. The molecule has 10 heteroatoms. The third-order valence-electron chi connectivity index (χ3n) is 4.13. The molecule has 1 N–H and O–H groups in total. The van der Waals surface area contributed by atoms with Crippen LogP contribution < -0.4 is 19.5 Å². The number of hydrogen-bond donors (Lipinski definition) is 1. The van der Waals surface area contributed by atoms with Crippen molar-refractivity contribution in [2.75, 3.05) is 18.7 Å². The molecule has 2 aromatic carbocycles. The highest BCUT2D eigenvalue weighted by atomic mass is 32.2. The van der Waals surface area contributed by atoms with Crippen LogP contribution in [0.4, 0.5) is 5.69 Å². The Balaban J connectivity index is 1.47. The van der Waals surface area contributed by atoms with Gasteiger partial charge < -0.3 is 19.5 Å². The number of ether oxygens (including phenoxy) is 3. The Bertz CT molecular complexity index is 1030. The average Bonchev–Trinajstić information content (AvgIpc) is 3.37. The summed E-state index contributed by atoms with van der Waals surface area (Å²) < 4.78 is 17.9. The van der Waals surface area contributed by atoms with E-state index in [1.54, 1.807) is 29.8 Å². The number of amides is 1. The van der Waals surface area contributed by atoms with E-state index in [9.17, 15) is 4.79 Å². The fraction of sp³-hybridized carbons (Fsp3) is 0.263. The van der Waals surface area contributed by atoms with Gasteiger partial charge in [-0.3, -0.25) is 4.79 Å². The van der Waals surface area contributed by atoms with Crippen LogP contribution in [0.2, 0.25) is 0 Å². The molecule has 0 fully saturated rings. The number of benzene rings is 2. The van der Waals surface area contributed by atoms with Crippen molar-refractivity contribution in [3.63, 3.8) is 0 Å². The molecule has 29 heavy (non-hydrogen) atoms. The summed E-state index contributed by atoms with van der Waals surface area (Å²) in [6, 6.07) is 12.7. The van der Waals surface area contributed by atoms with Crippen LogP contribution in [-0.2, 0) is 4.79 Å². The predicted molar refractivity (Wildman–Crippen MR) is 107 cm³/mol. The smallest absolute Gasteiger partial charge is 0.237 e. The first-order valence-corrected chi connectivity index (χ1v) is 9.91. The number of tetrazole rings is 1. The average molecular weight is 413 g/mol. The number of nitrogens with zero attached hydrogens (tertiary/aromatic N) is 4. The monoisotopic (exact) mass is 413 g/mol. The standard InChI is InChI=1S/C19H19N5O4S/c1-3-26-15-7-5-4-6-14(15)24-19(21-22-23-24)29-12(2)18(25)20-13-8-9-16-17(10-13)28-11-27-16/h4-10,12H,3,11H2,1-2H3,(H,20,25)/t12-/m1/s1. The number of aromatic nitrogens is 4. The largest absolute Gasteiger partial charge is 0.492 e. The van der Waals surface area contributed by atoms with Gasteiger partial charge in [-0.05, 0) is 48.5 Å². The number of carbonyl (C=O) groups excluding carboxylic acids is 1. The molecule has 0 unspecified atom stereocenters. The molecule has 1 atom stereocenters. The van der Waals surface area contributed by atoms with Gasteiger partial charge in [-0.15, -0.1) is 5.10 Å². The van der Waals surface area contributed by atoms with Gasteiger partial charge in [0.15, 0.2) is 11.5 Å². The van der Waals surface area contributed by atoms with E-state index in [1.165, 1.54) is 11.8 Å². The van der Waals surface area contributed by atoms with E-state index in [4.69, 9.17) is 14.2 Å². The topological polar surface area (TPSA) is 100 Å². The van der Waals surface area contributed by atoms with Crippen LogP contribution in [0.3, 0.4) is 0 Å². The molecule has 2 heterocycles. The molecular weight excluding hydrogens is 394 g/mol. The first-order valence-electron chi connectivity index (χ1n) is 9.03. The van der Waals surface area contributed by atoms with E-state index in [0.29, 0.717) is 40.4 Å². The Morgan fingerprint density at radius 2 is 2.10 bits per heavy atom. The Labute approximate surface area is 171 Å². The lowest BCUT2D eigenvalue weighted by atomic mass is 10.2. The van der Waals surface area contributed by atoms with Crippen molar-refractivity contribution < 1.29 is 19.0 Å². The molecule has 4 rings (SSSR count). The van der Waals surface area contributed by atoms with E-state index in [1.807, 2.05) is 31.2 Å². The van der Waals surface area contributed by atoms with Crippen LogP contribution in [0.25, 0.3) is 5.69 Å². The molecule has 1 aliphatic heterocycles. The summed E-state index contributed by atoms with van der Waals surface area (Å²) in [5.41, 5.74) is 1.35. The van der Waals surface area contributed by atoms with Gasteiger partial charge in [0, 0.05) is 11.8 Å². The number of nitrogens with one attached hydrogen (secondary N) is 1. The molecule has 0 spiro atoms. The summed E-state index contributed by atoms with van der Waals surface area (Å²) in [5.74, 6) is 1.76. The number of carbonyl (C=O) groups is 1. The van der Waals surface area contributed by atoms with Crippen molar-refractivity contribution in [3.8, 4) is 22.9 Å². The second-order valence-electron chi connectivity index (χ2n) is 6.09. The minimum atomic E-state index is -0.440. The second-order valence-corrected chi connectivity index (χ2v) is 7.40. The molecule has 3 aromatic rings. The number of rotatable bonds is 7. The Morgan fingerprint density at radius 3 is 2.97 bits per heavy atom. The van der Waals surface area contributed by atoms with E-state index < -0.39 is 5.25 Å². The highest BCUT2D eigenvalue weighted by Crippen LogP contribution is 2.34. The maximum atomic E-state index is 12.6. The van der Waals surface area contributed by atoms with Crippen LogP contribution >= 0.6 is 11.8 Å². The number of fused-ring (bicyclic) bond motifs is 1. The summed E-state index contributed by atoms with van der Waals surface area (Å²) in [7, 11) is 0. The lowest BCUT2D eigenvalue weighted by Gasteiger charge is -2.13. The number of anilines is 1. The van der Waals surface area contributed by atoms with Gasteiger partial charge in [0.1, 0.15) is 11.4 Å². The number of para-hydroxylation sites is 2. The van der Waals surface area contributed by atoms with E-state index in [0.717, 1.165) is 0 Å². The van der Waals surface area contributed by atoms with Gasteiger partial charge >= 0.3 is 0 Å². The zero-order chi connectivity index (χ0) is 20.2. The van der Waals surface area contributed by atoms with Crippen molar-refractivity contribution in [1.29, 1.82) is 0 Å². The maximum Gasteiger partial charge on any atom is 0.237 e. The van der Waals surface area contributed by atoms with Crippen molar-refractivity contribution in [2.24, 2.45) is 0 Å². The van der Waals surface area contributed by atoms with Crippen molar-refractivity contribution in [2.45, 2.75) is 24.3 Å². The quantitative estimate of drug-likeness (QED) is 0.590. The maximum absolute atomic E-state index is 12.6. The summed E-state index contributed by atoms with van der Waals surface area (Å²) in [6.07, 6.45) is 0. The molecular formula is C19H19N5O4S. The highest BCUT2D eigenvalue weighted by Gasteiger charge is 2.21. The minimum Gasteiger partial charge on any atom is -0.492 e. The van der Waals surface area contributed by atoms with Crippen LogP contribution in [0, 0.1) is 0 Å². The Kier molecular flexibility index (Phi) is 5.52. The SMILES string of the molecule is CCOc1ccccc1-n1nnnc1S[C@H](C)C(=O)Nc1ccc2c(c1)OCO2. The summed E-state index contributed by atoms with van der Waals surface area (Å²) >= 11 is 1.25. The Morgan fingerprint density at radius 1 is 1.28 bits per heavy atom. The molecule has 150 valence electrons. The van der Waals surface area contributed by atoms with E-state index in [-0.39, 0.29) is 12.7 Å². The molecule has 0 saturated heterocycles. The highest BCUT2D eigenvalue weighted by molar-refractivity contribution is 8.00. The van der Waals surface area contributed by atoms with Gasteiger partial charge in [-0.2, -0.15) is 4.68 Å². The zero-order valence-electron chi connectivity index (χ0n) is 15.9. The minimum absolute atomic E-state index is 0.179. The molecule has 1 amide bonds. The second kappa shape index (κ2) is 8.39. The van der Waals surface area contributed by atoms with E-state index >= 15 is 0 Å². The molecule has 0 saturated carbocycles. The normalized spacial score (nSPS) is 13.2. The summed E-state index contributed by atoms with van der Waals surface area (Å²) in [4.78, 5) is 12.6. The molecule has 0 radical (unpaired) electrons. The van der Waals surface area contributed by atoms with Crippen molar-refractivity contribution in [1.82, 2.24) is 20.2 Å². The lowest BCUT2D eigenvalue weighted by molar-refractivity contribution is -0.115. The fourth-order valence-corrected chi connectivity index (χ4v) is 3.54. The Hall–Kier alpha value is -3.27. The number of hydrogen-bond acceptors (Lipinski definition) is 8. The molecule has 0 aliphatic carbocycles. The first-order chi connectivity index (χ1) is 14.2. The van der Waals surface area contributed by atoms with Crippen molar-refractivity contribution >= 4 is 23.4 Å². The number of thioether (sulfide) groups is 1. The van der Waals surface area contributed by atoms with Gasteiger partial charge in [-0.1, -0.05) is 23.9 Å². The molecule has 9 nitrogen and oxygen atoms in total. The molecule has 1 aliphatic rings. The van der Waals surface area contributed by atoms with Gasteiger partial charge in [0.05, 0.1) is 11.9 Å².